The Balaban J connectivity index is 1.56. The third-order valence-electron chi connectivity index (χ3n) is 6.74. The van der Waals surface area contributed by atoms with Gasteiger partial charge in [-0.25, -0.2) is 0 Å². The molecule has 6 rings (SSSR count). The Morgan fingerprint density at radius 3 is 2.24 bits per heavy atom. The van der Waals surface area contributed by atoms with Crippen molar-refractivity contribution >= 4 is 38.9 Å². The molecule has 4 aromatic rings. The van der Waals surface area contributed by atoms with Crippen molar-refractivity contribution in [2.75, 3.05) is 12.0 Å². The molecular formula is C28H21NO4. The first-order valence-corrected chi connectivity index (χ1v) is 10.8. The number of carbonyl (C=O) groups excluding carboxylic acids is 2. The highest BCUT2D eigenvalue weighted by molar-refractivity contribution is 6.13. The Kier molecular flexibility index (Phi) is 4.11. The fourth-order valence-corrected chi connectivity index (χ4v) is 5.13. The second-order valence-electron chi connectivity index (χ2n) is 8.52. The summed E-state index contributed by atoms with van der Waals surface area (Å²) in [5.74, 6) is 0.117. The number of hydrogen-bond donors (Lipinski definition) is 0. The van der Waals surface area contributed by atoms with E-state index in [2.05, 4.69) is 36.9 Å². The van der Waals surface area contributed by atoms with Crippen LogP contribution in [0.5, 0.6) is 5.75 Å². The highest BCUT2D eigenvalue weighted by Gasteiger charge is 2.58. The number of methoxy groups -OCH3 is 1. The Morgan fingerprint density at radius 2 is 1.64 bits per heavy atom. The molecule has 0 aromatic heterocycles. The van der Waals surface area contributed by atoms with Crippen molar-refractivity contribution in [3.8, 4) is 5.75 Å². The molecule has 0 saturated carbocycles. The lowest BCUT2D eigenvalue weighted by atomic mass is 9.91. The van der Waals surface area contributed by atoms with Crippen molar-refractivity contribution in [3.05, 3.63) is 96.3 Å². The quantitative estimate of drug-likeness (QED) is 0.326. The third kappa shape index (κ3) is 2.72. The standard InChI is InChI=1S/C28H21NO4/c1-17-26(30)15-28(33-17)24-14-20(32-2)11-12-25(24)29(27(28)31)16-23-21-9-5-3-7-18(21)13-19-8-4-6-10-22(19)23/h3-14H,1,15-16H2,2H3. The summed E-state index contributed by atoms with van der Waals surface area (Å²) in [7, 11) is 1.57. The highest BCUT2D eigenvalue weighted by atomic mass is 16.5. The van der Waals surface area contributed by atoms with Gasteiger partial charge in [-0.1, -0.05) is 55.1 Å². The fraction of sp³-hybridized carbons (Fsp3) is 0.143. The van der Waals surface area contributed by atoms with Gasteiger partial charge in [0.25, 0.3) is 5.91 Å². The number of ketones is 1. The molecule has 1 fully saturated rings. The molecule has 0 bridgehead atoms. The number of benzene rings is 4. The van der Waals surface area contributed by atoms with Crippen LogP contribution < -0.4 is 9.64 Å². The van der Waals surface area contributed by atoms with E-state index >= 15 is 0 Å². The minimum absolute atomic E-state index is 0.0228. The summed E-state index contributed by atoms with van der Waals surface area (Å²) in [6, 6.07) is 24.0. The lowest BCUT2D eigenvalue weighted by Crippen LogP contribution is -2.39. The minimum atomic E-state index is -1.39. The van der Waals surface area contributed by atoms with E-state index in [0.29, 0.717) is 17.9 Å². The van der Waals surface area contributed by atoms with Crippen LogP contribution in [-0.2, 0) is 26.5 Å². The number of amides is 1. The van der Waals surface area contributed by atoms with E-state index in [1.165, 1.54) is 0 Å². The van der Waals surface area contributed by atoms with Crippen LogP contribution in [0.4, 0.5) is 5.69 Å². The summed E-state index contributed by atoms with van der Waals surface area (Å²) < 4.78 is 11.3. The van der Waals surface area contributed by atoms with Gasteiger partial charge in [-0.05, 0) is 51.4 Å². The van der Waals surface area contributed by atoms with Crippen LogP contribution >= 0.6 is 0 Å². The minimum Gasteiger partial charge on any atom is -0.497 e. The van der Waals surface area contributed by atoms with E-state index in [9.17, 15) is 9.59 Å². The molecule has 5 heteroatoms. The number of allylic oxidation sites excluding steroid dienone is 1. The van der Waals surface area contributed by atoms with Crippen molar-refractivity contribution in [3.63, 3.8) is 0 Å². The first-order valence-electron chi connectivity index (χ1n) is 10.8. The first kappa shape index (κ1) is 19.6. The molecule has 1 saturated heterocycles. The highest BCUT2D eigenvalue weighted by Crippen LogP contribution is 2.51. The summed E-state index contributed by atoms with van der Waals surface area (Å²) >= 11 is 0. The number of Topliss-reactive ketones (excluding diaryl/α,β-unsaturated/α-hetero) is 1. The average molecular weight is 435 g/mol. The van der Waals surface area contributed by atoms with E-state index in [4.69, 9.17) is 9.47 Å². The van der Waals surface area contributed by atoms with Gasteiger partial charge in [0.15, 0.2) is 5.76 Å². The number of rotatable bonds is 3. The predicted molar refractivity (Wildman–Crippen MR) is 127 cm³/mol. The molecule has 33 heavy (non-hydrogen) atoms. The van der Waals surface area contributed by atoms with Crippen molar-refractivity contribution in [2.45, 2.75) is 18.6 Å². The maximum Gasteiger partial charge on any atom is 0.276 e. The van der Waals surface area contributed by atoms with E-state index in [1.54, 1.807) is 18.1 Å². The van der Waals surface area contributed by atoms with Gasteiger partial charge in [0.05, 0.1) is 25.8 Å². The van der Waals surface area contributed by atoms with Gasteiger partial charge < -0.3 is 14.4 Å². The van der Waals surface area contributed by atoms with Crippen molar-refractivity contribution in [1.29, 1.82) is 0 Å². The van der Waals surface area contributed by atoms with Crippen LogP contribution in [0.15, 0.2) is 85.1 Å². The average Bonchev–Trinajstić information content (AvgIpc) is 3.26. The van der Waals surface area contributed by atoms with Gasteiger partial charge in [0, 0.05) is 5.56 Å². The molecule has 0 radical (unpaired) electrons. The molecule has 4 aromatic carbocycles. The molecule has 2 heterocycles. The van der Waals surface area contributed by atoms with Gasteiger partial charge in [0.2, 0.25) is 11.4 Å². The lowest BCUT2D eigenvalue weighted by molar-refractivity contribution is -0.135. The molecule has 1 spiro atoms. The molecule has 162 valence electrons. The topological polar surface area (TPSA) is 55.8 Å². The van der Waals surface area contributed by atoms with E-state index in [1.807, 2.05) is 36.4 Å². The summed E-state index contributed by atoms with van der Waals surface area (Å²) in [6.45, 7) is 4.07. The Labute approximate surface area is 190 Å². The van der Waals surface area contributed by atoms with E-state index in [0.717, 1.165) is 32.8 Å². The van der Waals surface area contributed by atoms with Crippen LogP contribution in [0.25, 0.3) is 21.5 Å². The normalized spacial score (nSPS) is 19.5. The van der Waals surface area contributed by atoms with Gasteiger partial charge in [-0.3, -0.25) is 9.59 Å². The zero-order chi connectivity index (χ0) is 22.7. The Morgan fingerprint density at radius 1 is 0.970 bits per heavy atom. The molecule has 2 aliphatic rings. The molecule has 0 N–H and O–H groups in total. The van der Waals surface area contributed by atoms with Crippen molar-refractivity contribution in [1.82, 2.24) is 0 Å². The maximum atomic E-state index is 13.9. The van der Waals surface area contributed by atoms with E-state index in [-0.39, 0.29) is 23.9 Å². The number of fused-ring (bicyclic) bond motifs is 4. The molecule has 5 nitrogen and oxygen atoms in total. The number of hydrogen-bond acceptors (Lipinski definition) is 4. The zero-order valence-corrected chi connectivity index (χ0v) is 18.1. The number of carbonyl (C=O) groups is 2. The summed E-state index contributed by atoms with van der Waals surface area (Å²) in [5, 5.41) is 4.41. The monoisotopic (exact) mass is 435 g/mol. The molecule has 2 aliphatic heterocycles. The van der Waals surface area contributed by atoms with Crippen LogP contribution in [0, 0.1) is 0 Å². The Hall–Kier alpha value is -4.12. The SMILES string of the molecule is C=C1OC2(CC1=O)C(=O)N(Cc1c3ccccc3cc3ccccc13)c1ccc(OC)cc12. The first-order chi connectivity index (χ1) is 16.0. The lowest BCUT2D eigenvalue weighted by Gasteiger charge is -2.24. The van der Waals surface area contributed by atoms with E-state index < -0.39 is 5.60 Å². The second kappa shape index (κ2) is 6.94. The number of nitrogens with zero attached hydrogens (tertiary/aromatic N) is 1. The summed E-state index contributed by atoms with van der Waals surface area (Å²) in [4.78, 5) is 28.1. The van der Waals surface area contributed by atoms with Gasteiger partial charge in [0.1, 0.15) is 5.75 Å². The van der Waals surface area contributed by atoms with Crippen LogP contribution in [0.3, 0.4) is 0 Å². The second-order valence-corrected chi connectivity index (χ2v) is 8.52. The van der Waals surface area contributed by atoms with Crippen LogP contribution in [0.1, 0.15) is 17.5 Å². The van der Waals surface area contributed by atoms with Crippen LogP contribution in [0.2, 0.25) is 0 Å². The molecular weight excluding hydrogens is 414 g/mol. The van der Waals surface area contributed by atoms with Gasteiger partial charge >= 0.3 is 0 Å². The fourth-order valence-electron chi connectivity index (χ4n) is 5.13. The molecule has 1 unspecified atom stereocenters. The molecule has 1 atom stereocenters. The zero-order valence-electron chi connectivity index (χ0n) is 18.1. The van der Waals surface area contributed by atoms with Gasteiger partial charge in [-0.15, -0.1) is 0 Å². The Bertz CT molecular complexity index is 1430. The van der Waals surface area contributed by atoms with Gasteiger partial charge in [-0.2, -0.15) is 0 Å². The molecule has 0 aliphatic carbocycles. The number of anilines is 1. The predicted octanol–water partition coefficient (Wildman–Crippen LogP) is 5.25. The number of ether oxygens (including phenoxy) is 2. The third-order valence-corrected chi connectivity index (χ3v) is 6.74. The largest absolute Gasteiger partial charge is 0.497 e. The molecule has 1 amide bonds. The maximum absolute atomic E-state index is 13.9. The summed E-state index contributed by atoms with van der Waals surface area (Å²) in [5.41, 5.74) is 1.03. The van der Waals surface area contributed by atoms with Crippen molar-refractivity contribution in [2.24, 2.45) is 0 Å². The summed E-state index contributed by atoms with van der Waals surface area (Å²) in [6.07, 6.45) is -0.0579. The smallest absolute Gasteiger partial charge is 0.276 e. The van der Waals surface area contributed by atoms with Crippen molar-refractivity contribution < 1.29 is 19.1 Å². The van der Waals surface area contributed by atoms with Crippen LogP contribution in [-0.4, -0.2) is 18.8 Å².